The first kappa shape index (κ1) is 28.2. The van der Waals surface area contributed by atoms with Crippen LogP contribution < -0.4 is 5.56 Å². The Morgan fingerprint density at radius 2 is 1.74 bits per heavy atom. The molecule has 0 aliphatic carbocycles. The van der Waals surface area contributed by atoms with Crippen LogP contribution in [0.4, 0.5) is 11.4 Å². The molecule has 1 unspecified atom stereocenters. The molecule has 0 radical (unpaired) electrons. The second kappa shape index (κ2) is 12.6. The van der Waals surface area contributed by atoms with Crippen molar-refractivity contribution in [3.8, 4) is 11.9 Å². The van der Waals surface area contributed by atoms with Gasteiger partial charge in [-0.3, -0.25) is 9.36 Å². The van der Waals surface area contributed by atoms with Crippen LogP contribution in [0.1, 0.15) is 64.5 Å². The molecule has 190 valence electrons. The molecule has 1 aromatic heterocycles. The predicted octanol–water partition coefficient (Wildman–Crippen LogP) is 5.40. The number of unbranched alkanes of at least 4 members (excludes halogenated alkanes) is 1. The van der Waals surface area contributed by atoms with Gasteiger partial charge in [-0.15, -0.1) is 5.11 Å². The molecule has 1 heterocycles. The molecule has 9 nitrogen and oxygen atoms in total. The number of rotatable bonds is 12. The van der Waals surface area contributed by atoms with E-state index in [1.165, 1.54) is 33.1 Å². The summed E-state index contributed by atoms with van der Waals surface area (Å²) in [4.78, 5) is 13.4. The molecule has 2 rings (SSSR count). The zero-order valence-electron chi connectivity index (χ0n) is 21.2. The number of hydrogen-bond donors (Lipinski definition) is 1. The topological polar surface area (TPSA) is 128 Å². The van der Waals surface area contributed by atoms with E-state index in [0.29, 0.717) is 18.8 Å². The quantitative estimate of drug-likeness (QED) is 0.390. The smallest absolute Gasteiger partial charge is 0.281 e. The fourth-order valence-corrected chi connectivity index (χ4v) is 5.37. The van der Waals surface area contributed by atoms with E-state index >= 15 is 0 Å². The van der Waals surface area contributed by atoms with Gasteiger partial charge >= 0.3 is 0 Å². The molecule has 1 atom stereocenters. The Balaban J connectivity index is 2.45. The number of hydrogen-bond acceptors (Lipinski definition) is 7. The van der Waals surface area contributed by atoms with E-state index in [2.05, 4.69) is 17.2 Å². The number of nitrogens with zero attached hydrogens (tertiary/aromatic N) is 5. The summed E-state index contributed by atoms with van der Waals surface area (Å²) in [7, 11) is -3.59. The molecule has 10 heteroatoms. The Morgan fingerprint density at radius 3 is 2.26 bits per heavy atom. The zero-order valence-corrected chi connectivity index (χ0v) is 22.0. The van der Waals surface area contributed by atoms with Crippen molar-refractivity contribution in [1.82, 2.24) is 8.87 Å². The van der Waals surface area contributed by atoms with Gasteiger partial charge in [0.2, 0.25) is 15.9 Å². The lowest BCUT2D eigenvalue weighted by Gasteiger charge is -2.19. The third-order valence-electron chi connectivity index (χ3n) is 6.20. The van der Waals surface area contributed by atoms with Crippen molar-refractivity contribution < 1.29 is 13.5 Å². The largest absolute Gasteiger partial charge is 0.493 e. The molecule has 0 bridgehead atoms. The molecule has 0 amide bonds. The Kier molecular flexibility index (Phi) is 10.2. The number of aromatic nitrogens is 1. The van der Waals surface area contributed by atoms with Crippen LogP contribution in [0.2, 0.25) is 0 Å². The number of pyridine rings is 1. The van der Waals surface area contributed by atoms with Gasteiger partial charge in [-0.2, -0.15) is 14.7 Å². The fourth-order valence-electron chi connectivity index (χ4n) is 3.91. The van der Waals surface area contributed by atoms with Crippen molar-refractivity contribution >= 4 is 21.4 Å². The first-order chi connectivity index (χ1) is 16.7. The molecule has 0 saturated heterocycles. The van der Waals surface area contributed by atoms with Crippen molar-refractivity contribution in [1.29, 1.82) is 5.26 Å². The molecule has 1 N–H and O–H groups in total. The average Bonchev–Trinajstić information content (AvgIpc) is 2.84. The Bertz CT molecular complexity index is 1240. The summed E-state index contributed by atoms with van der Waals surface area (Å²) >= 11 is 0. The molecule has 1 aromatic carbocycles. The van der Waals surface area contributed by atoms with Crippen LogP contribution in [0.3, 0.4) is 0 Å². The summed E-state index contributed by atoms with van der Waals surface area (Å²) in [5.74, 6) is -0.173. The van der Waals surface area contributed by atoms with Crippen molar-refractivity contribution in [2.24, 2.45) is 16.1 Å². The summed E-state index contributed by atoms with van der Waals surface area (Å²) in [5, 5.41) is 28.4. The first-order valence-electron chi connectivity index (χ1n) is 12.0. The lowest BCUT2D eigenvalue weighted by atomic mass is 9.99. The Labute approximate surface area is 207 Å². The second-order valence-corrected chi connectivity index (χ2v) is 10.3. The highest BCUT2D eigenvalue weighted by Crippen LogP contribution is 2.29. The number of nitriles is 1. The van der Waals surface area contributed by atoms with Crippen molar-refractivity contribution in [3.05, 3.63) is 45.7 Å². The lowest BCUT2D eigenvalue weighted by Crippen LogP contribution is -2.30. The number of azo groups is 1. The van der Waals surface area contributed by atoms with Crippen molar-refractivity contribution in [2.75, 3.05) is 13.1 Å². The normalized spacial score (nSPS) is 12.8. The highest BCUT2D eigenvalue weighted by Gasteiger charge is 2.22. The third-order valence-corrected chi connectivity index (χ3v) is 8.26. The highest BCUT2D eigenvalue weighted by atomic mass is 32.2. The van der Waals surface area contributed by atoms with E-state index in [-0.39, 0.29) is 40.1 Å². The molecule has 0 spiro atoms. The minimum absolute atomic E-state index is 0.00967. The van der Waals surface area contributed by atoms with E-state index in [1.807, 2.05) is 13.0 Å². The summed E-state index contributed by atoms with van der Waals surface area (Å²) in [6.45, 7) is 10.3. The van der Waals surface area contributed by atoms with Crippen molar-refractivity contribution in [2.45, 2.75) is 71.7 Å². The van der Waals surface area contributed by atoms with Gasteiger partial charge in [-0.1, -0.05) is 47.0 Å². The summed E-state index contributed by atoms with van der Waals surface area (Å²) < 4.78 is 27.9. The van der Waals surface area contributed by atoms with Gasteiger partial charge < -0.3 is 5.11 Å². The van der Waals surface area contributed by atoms with Crippen LogP contribution in [-0.4, -0.2) is 35.5 Å². The monoisotopic (exact) mass is 501 g/mol. The number of aromatic hydroxyl groups is 1. The van der Waals surface area contributed by atoms with E-state index < -0.39 is 15.6 Å². The minimum atomic E-state index is -3.59. The first-order valence-corrected chi connectivity index (χ1v) is 13.5. The number of sulfonamides is 1. The second-order valence-electron chi connectivity index (χ2n) is 8.40. The Hall–Kier alpha value is -3.03. The lowest BCUT2D eigenvalue weighted by molar-refractivity contribution is 0.339. The molecular weight excluding hydrogens is 466 g/mol. The van der Waals surface area contributed by atoms with Crippen LogP contribution >= 0.6 is 0 Å². The van der Waals surface area contributed by atoms with Gasteiger partial charge in [0.1, 0.15) is 11.6 Å². The van der Waals surface area contributed by atoms with Crippen LogP contribution in [0.5, 0.6) is 5.88 Å². The van der Waals surface area contributed by atoms with Crippen LogP contribution in [0.15, 0.2) is 44.2 Å². The van der Waals surface area contributed by atoms with Gasteiger partial charge in [0, 0.05) is 25.2 Å². The molecule has 0 aliphatic heterocycles. The van der Waals surface area contributed by atoms with Gasteiger partial charge in [0.15, 0.2) is 5.69 Å². The minimum Gasteiger partial charge on any atom is -0.493 e. The van der Waals surface area contributed by atoms with Gasteiger partial charge in [-0.05, 0) is 43.5 Å². The standard InChI is InChI=1S/C25H35N5O4S/c1-6-10-11-19(7-2)17-30-24(31)22(16-26)18(5)23(25(30)32)28-27-20-12-14-21(15-13-20)35(33,34)29(8-3)9-4/h12-15,19,31H,6-11,17H2,1-5H3. The van der Waals surface area contributed by atoms with Crippen LogP contribution in [0, 0.1) is 24.2 Å². The molecule has 35 heavy (non-hydrogen) atoms. The molecule has 0 aliphatic rings. The third kappa shape index (κ3) is 6.35. The maximum absolute atomic E-state index is 13.2. The zero-order chi connectivity index (χ0) is 26.2. The van der Waals surface area contributed by atoms with Gasteiger partial charge in [-0.25, -0.2) is 8.42 Å². The molecule has 0 fully saturated rings. The van der Waals surface area contributed by atoms with Gasteiger partial charge in [0.05, 0.1) is 10.6 Å². The maximum Gasteiger partial charge on any atom is 0.281 e. The summed E-state index contributed by atoms with van der Waals surface area (Å²) in [6.07, 6.45) is 3.79. The summed E-state index contributed by atoms with van der Waals surface area (Å²) in [6, 6.07) is 7.89. The predicted molar refractivity (Wildman–Crippen MR) is 136 cm³/mol. The van der Waals surface area contributed by atoms with E-state index in [4.69, 9.17) is 0 Å². The van der Waals surface area contributed by atoms with Gasteiger partial charge in [0.25, 0.3) is 5.56 Å². The average molecular weight is 502 g/mol. The van der Waals surface area contributed by atoms with E-state index in [0.717, 1.165) is 25.7 Å². The van der Waals surface area contributed by atoms with E-state index in [9.17, 15) is 23.6 Å². The number of benzene rings is 1. The molecular formula is C25H35N5O4S. The van der Waals surface area contributed by atoms with E-state index in [1.54, 1.807) is 20.8 Å². The maximum atomic E-state index is 13.2. The Morgan fingerprint density at radius 1 is 1.11 bits per heavy atom. The van der Waals surface area contributed by atoms with Crippen molar-refractivity contribution in [3.63, 3.8) is 0 Å². The summed E-state index contributed by atoms with van der Waals surface area (Å²) in [5.41, 5.74) is 0.0553. The molecule has 2 aromatic rings. The fraction of sp³-hybridized carbons (Fsp3) is 0.520. The van der Waals surface area contributed by atoms with Crippen LogP contribution in [0.25, 0.3) is 0 Å². The highest BCUT2D eigenvalue weighted by molar-refractivity contribution is 7.89. The molecule has 0 saturated carbocycles. The van der Waals surface area contributed by atoms with Crippen LogP contribution in [-0.2, 0) is 16.6 Å². The SMILES string of the molecule is CCCCC(CC)Cn1c(O)c(C#N)c(C)c(N=Nc2ccc(S(=O)(=O)N(CC)CC)cc2)c1=O.